The molecule has 0 unspecified atom stereocenters. The van der Waals surface area contributed by atoms with Crippen LogP contribution in [0.3, 0.4) is 0 Å². The van der Waals surface area contributed by atoms with Gasteiger partial charge in [-0.2, -0.15) is 11.8 Å². The molecular formula is C25H36N2O2S. The number of amides is 2. The van der Waals surface area contributed by atoms with E-state index in [9.17, 15) is 9.59 Å². The highest BCUT2D eigenvalue weighted by Crippen LogP contribution is 2.60. The summed E-state index contributed by atoms with van der Waals surface area (Å²) in [5, 5.41) is 6.17. The number of carbonyl (C=O) groups excluding carboxylic acids is 2. The van der Waals surface area contributed by atoms with E-state index in [1.54, 1.807) is 0 Å². The van der Waals surface area contributed by atoms with E-state index in [0.717, 1.165) is 54.9 Å². The number of benzene rings is 1. The van der Waals surface area contributed by atoms with Gasteiger partial charge in [0, 0.05) is 36.4 Å². The lowest BCUT2D eigenvalue weighted by Crippen LogP contribution is -2.53. The summed E-state index contributed by atoms with van der Waals surface area (Å²) >= 11 is 1.84. The van der Waals surface area contributed by atoms with Crippen molar-refractivity contribution in [3.05, 3.63) is 35.4 Å². The first-order chi connectivity index (χ1) is 14.5. The Hall–Kier alpha value is -1.49. The second kappa shape index (κ2) is 9.76. The van der Waals surface area contributed by atoms with Crippen LogP contribution in [0.15, 0.2) is 24.3 Å². The van der Waals surface area contributed by atoms with Gasteiger partial charge < -0.3 is 10.6 Å². The van der Waals surface area contributed by atoms with Gasteiger partial charge in [0.15, 0.2) is 0 Å². The number of aryl methyl sites for hydroxylation is 1. The Labute approximate surface area is 185 Å². The summed E-state index contributed by atoms with van der Waals surface area (Å²) in [7, 11) is 0. The summed E-state index contributed by atoms with van der Waals surface area (Å²) in [4.78, 5) is 25.0. The molecule has 0 saturated heterocycles. The topological polar surface area (TPSA) is 58.2 Å². The normalized spacial score (nSPS) is 29.0. The van der Waals surface area contributed by atoms with Crippen LogP contribution in [0.4, 0.5) is 0 Å². The van der Waals surface area contributed by atoms with Gasteiger partial charge in [0.25, 0.3) is 0 Å². The number of hydrogen-bond donors (Lipinski definition) is 2. The molecule has 4 aliphatic carbocycles. The largest absolute Gasteiger partial charge is 0.356 e. The zero-order valence-electron chi connectivity index (χ0n) is 18.3. The quantitative estimate of drug-likeness (QED) is 0.541. The van der Waals surface area contributed by atoms with Crippen molar-refractivity contribution in [1.29, 1.82) is 0 Å². The number of thioether (sulfide) groups is 1. The standard InChI is InChI=1S/C25H36N2O2S/c1-18-4-6-19(7-5-18)17-30-10-9-26-23(28)3-2-8-27-24(29)25-14-20-11-21(15-25)13-22(12-20)16-25/h4-7,20-22H,2-3,8-17H2,1H3,(H,26,28)(H,27,29). The second-order valence-corrected chi connectivity index (χ2v) is 11.1. The first kappa shape index (κ1) is 21.7. The highest BCUT2D eigenvalue weighted by Gasteiger charge is 2.54. The van der Waals surface area contributed by atoms with Crippen LogP contribution < -0.4 is 10.6 Å². The SMILES string of the molecule is Cc1ccc(CSCCNC(=O)CCCNC(=O)C23CC4CC(CC(C4)C2)C3)cc1. The Bertz CT molecular complexity index is 711. The van der Waals surface area contributed by atoms with E-state index in [4.69, 9.17) is 0 Å². The zero-order chi connectivity index (χ0) is 21.0. The van der Waals surface area contributed by atoms with E-state index < -0.39 is 0 Å². The van der Waals surface area contributed by atoms with Crippen LogP contribution >= 0.6 is 11.8 Å². The minimum absolute atomic E-state index is 0.0777. The van der Waals surface area contributed by atoms with Crippen LogP contribution in [0.5, 0.6) is 0 Å². The fourth-order valence-electron chi connectivity index (χ4n) is 6.25. The molecule has 30 heavy (non-hydrogen) atoms. The molecule has 4 aliphatic rings. The maximum absolute atomic E-state index is 12.9. The van der Waals surface area contributed by atoms with Crippen molar-refractivity contribution in [2.45, 2.75) is 64.0 Å². The van der Waals surface area contributed by atoms with Crippen molar-refractivity contribution in [3.8, 4) is 0 Å². The Morgan fingerprint density at radius 2 is 1.60 bits per heavy atom. The first-order valence-corrected chi connectivity index (χ1v) is 12.9. The van der Waals surface area contributed by atoms with Crippen molar-refractivity contribution in [3.63, 3.8) is 0 Å². The van der Waals surface area contributed by atoms with Crippen molar-refractivity contribution < 1.29 is 9.59 Å². The van der Waals surface area contributed by atoms with Crippen LogP contribution in [0.25, 0.3) is 0 Å². The maximum atomic E-state index is 12.9. The molecule has 0 spiro atoms. The molecule has 0 atom stereocenters. The van der Waals surface area contributed by atoms with Gasteiger partial charge in [-0.3, -0.25) is 9.59 Å². The number of rotatable bonds is 10. The van der Waals surface area contributed by atoms with Crippen molar-refractivity contribution >= 4 is 23.6 Å². The van der Waals surface area contributed by atoms with Crippen LogP contribution in [-0.4, -0.2) is 30.7 Å². The lowest BCUT2D eigenvalue weighted by atomic mass is 9.49. The van der Waals surface area contributed by atoms with Gasteiger partial charge in [-0.15, -0.1) is 0 Å². The summed E-state index contributed by atoms with van der Waals surface area (Å²) in [5.74, 6) is 4.63. The minimum Gasteiger partial charge on any atom is -0.356 e. The highest BCUT2D eigenvalue weighted by atomic mass is 32.2. The highest BCUT2D eigenvalue weighted by molar-refractivity contribution is 7.98. The molecule has 0 aromatic heterocycles. The minimum atomic E-state index is -0.0777. The fourth-order valence-corrected chi connectivity index (χ4v) is 7.07. The van der Waals surface area contributed by atoms with E-state index in [0.29, 0.717) is 19.5 Å². The smallest absolute Gasteiger partial charge is 0.226 e. The Balaban J connectivity index is 1.06. The van der Waals surface area contributed by atoms with Gasteiger partial charge in [0.1, 0.15) is 0 Å². The third-order valence-corrected chi connectivity index (χ3v) is 8.37. The fraction of sp³-hybridized carbons (Fsp3) is 0.680. The van der Waals surface area contributed by atoms with E-state index in [1.807, 2.05) is 11.8 Å². The summed E-state index contributed by atoms with van der Waals surface area (Å²) in [6.07, 6.45) is 8.59. The molecule has 2 N–H and O–H groups in total. The molecule has 0 heterocycles. The Morgan fingerprint density at radius 1 is 0.967 bits per heavy atom. The molecule has 0 radical (unpaired) electrons. The maximum Gasteiger partial charge on any atom is 0.226 e. The molecule has 0 aliphatic heterocycles. The van der Waals surface area contributed by atoms with Gasteiger partial charge >= 0.3 is 0 Å². The van der Waals surface area contributed by atoms with Gasteiger partial charge in [0.2, 0.25) is 11.8 Å². The molecule has 5 heteroatoms. The molecule has 2 amide bonds. The van der Waals surface area contributed by atoms with Crippen LogP contribution in [-0.2, 0) is 15.3 Å². The van der Waals surface area contributed by atoms with E-state index in [1.165, 1.54) is 30.4 Å². The van der Waals surface area contributed by atoms with Gasteiger partial charge in [0.05, 0.1) is 0 Å². The Kier molecular flexibility index (Phi) is 7.07. The molecular weight excluding hydrogens is 392 g/mol. The molecule has 164 valence electrons. The lowest BCUT2D eigenvalue weighted by molar-refractivity contribution is -0.146. The predicted molar refractivity (Wildman–Crippen MR) is 123 cm³/mol. The van der Waals surface area contributed by atoms with Crippen molar-refractivity contribution in [2.24, 2.45) is 23.2 Å². The summed E-state index contributed by atoms with van der Waals surface area (Å²) in [5.41, 5.74) is 2.53. The lowest BCUT2D eigenvalue weighted by Gasteiger charge is -2.55. The predicted octanol–water partition coefficient (Wildman–Crippen LogP) is 4.46. The molecule has 4 nitrogen and oxygen atoms in total. The molecule has 5 rings (SSSR count). The monoisotopic (exact) mass is 428 g/mol. The average molecular weight is 429 g/mol. The van der Waals surface area contributed by atoms with Crippen LogP contribution in [0, 0.1) is 30.1 Å². The number of carbonyl (C=O) groups is 2. The molecule has 4 bridgehead atoms. The van der Waals surface area contributed by atoms with Crippen LogP contribution in [0.1, 0.15) is 62.5 Å². The summed E-state index contributed by atoms with van der Waals surface area (Å²) in [6, 6.07) is 8.61. The summed E-state index contributed by atoms with van der Waals surface area (Å²) in [6.45, 7) is 3.42. The molecule has 1 aromatic carbocycles. The third kappa shape index (κ3) is 5.40. The molecule has 1 aromatic rings. The van der Waals surface area contributed by atoms with E-state index in [-0.39, 0.29) is 17.2 Å². The van der Waals surface area contributed by atoms with Gasteiger partial charge in [-0.1, -0.05) is 29.8 Å². The molecule has 4 saturated carbocycles. The van der Waals surface area contributed by atoms with E-state index >= 15 is 0 Å². The molecule has 4 fully saturated rings. The second-order valence-electron chi connectivity index (χ2n) is 9.95. The zero-order valence-corrected chi connectivity index (χ0v) is 19.1. The van der Waals surface area contributed by atoms with Crippen molar-refractivity contribution in [2.75, 3.05) is 18.8 Å². The first-order valence-electron chi connectivity index (χ1n) is 11.7. The van der Waals surface area contributed by atoms with E-state index in [2.05, 4.69) is 41.8 Å². The number of nitrogens with one attached hydrogen (secondary N) is 2. The third-order valence-electron chi connectivity index (χ3n) is 7.34. The average Bonchev–Trinajstić information content (AvgIpc) is 2.71. The van der Waals surface area contributed by atoms with Gasteiger partial charge in [-0.25, -0.2) is 0 Å². The Morgan fingerprint density at radius 3 is 2.23 bits per heavy atom. The van der Waals surface area contributed by atoms with Crippen LogP contribution in [0.2, 0.25) is 0 Å². The van der Waals surface area contributed by atoms with Gasteiger partial charge in [-0.05, 0) is 75.2 Å². The summed E-state index contributed by atoms with van der Waals surface area (Å²) < 4.78 is 0. The van der Waals surface area contributed by atoms with Crippen molar-refractivity contribution in [1.82, 2.24) is 10.6 Å². The number of hydrogen-bond acceptors (Lipinski definition) is 3.